The summed E-state index contributed by atoms with van der Waals surface area (Å²) in [7, 11) is 0. The zero-order valence-corrected chi connectivity index (χ0v) is 13.5. The highest BCUT2D eigenvalue weighted by Gasteiger charge is 1.95. The molecule has 0 atom stereocenters. The fourth-order valence-electron chi connectivity index (χ4n) is 2.09. The molecule has 0 aliphatic carbocycles. The molecule has 0 aliphatic rings. The monoisotopic (exact) mass is 310 g/mol. The van der Waals surface area contributed by atoms with Crippen LogP contribution in [0, 0.1) is 0 Å². The number of carbonyl (C=O) groups is 2. The van der Waals surface area contributed by atoms with E-state index in [1.165, 1.54) is 0 Å². The normalized spacial score (nSPS) is 11.5. The Morgan fingerprint density at radius 1 is 0.545 bits per heavy atom. The van der Waals surface area contributed by atoms with Gasteiger partial charge in [-0.15, -0.1) is 0 Å². The van der Waals surface area contributed by atoms with Crippen LogP contribution in [0.15, 0.2) is 24.3 Å². The minimum absolute atomic E-state index is 0.283. The molecular weight excluding hydrogens is 280 g/mol. The van der Waals surface area contributed by atoms with Gasteiger partial charge in [0.05, 0.1) is 0 Å². The lowest BCUT2D eigenvalue weighted by Crippen LogP contribution is -1.93. The van der Waals surface area contributed by atoms with Gasteiger partial charge >= 0.3 is 11.9 Å². The third kappa shape index (κ3) is 18.4. The van der Waals surface area contributed by atoms with Crippen LogP contribution >= 0.6 is 0 Å². The van der Waals surface area contributed by atoms with Crippen molar-refractivity contribution in [1.82, 2.24) is 0 Å². The fraction of sp³-hybridized carbons (Fsp3) is 0.667. The van der Waals surface area contributed by atoms with Gasteiger partial charge in [0.2, 0.25) is 0 Å². The van der Waals surface area contributed by atoms with Crippen molar-refractivity contribution in [2.75, 3.05) is 0 Å². The Bertz CT molecular complexity index is 311. The Kier molecular flexibility index (Phi) is 14.7. The van der Waals surface area contributed by atoms with Crippen molar-refractivity contribution in [3.05, 3.63) is 24.3 Å². The number of carboxylic acid groups (broad SMARTS) is 2. The molecule has 2 N–H and O–H groups in total. The summed E-state index contributed by atoms with van der Waals surface area (Å²) in [4.78, 5) is 20.6. The van der Waals surface area contributed by atoms with Crippen molar-refractivity contribution < 1.29 is 19.8 Å². The highest BCUT2D eigenvalue weighted by atomic mass is 16.4. The van der Waals surface area contributed by atoms with Crippen LogP contribution in [0.2, 0.25) is 0 Å². The predicted octanol–water partition coefficient (Wildman–Crippen LogP) is 4.95. The van der Waals surface area contributed by atoms with E-state index >= 15 is 0 Å². The average Bonchev–Trinajstić information content (AvgIpc) is 2.46. The maximum Gasteiger partial charge on any atom is 0.303 e. The van der Waals surface area contributed by atoms with E-state index < -0.39 is 11.9 Å². The number of aliphatic carboxylic acids is 2. The van der Waals surface area contributed by atoms with Crippen molar-refractivity contribution in [3.63, 3.8) is 0 Å². The molecule has 0 heterocycles. The van der Waals surface area contributed by atoms with E-state index in [2.05, 4.69) is 24.3 Å². The van der Waals surface area contributed by atoms with E-state index in [-0.39, 0.29) is 12.8 Å². The van der Waals surface area contributed by atoms with E-state index in [4.69, 9.17) is 10.2 Å². The van der Waals surface area contributed by atoms with Gasteiger partial charge in [-0.25, -0.2) is 0 Å². The molecule has 0 spiro atoms. The highest BCUT2D eigenvalue weighted by Crippen LogP contribution is 2.06. The zero-order valence-electron chi connectivity index (χ0n) is 13.5. The summed E-state index contributed by atoms with van der Waals surface area (Å²) >= 11 is 0. The van der Waals surface area contributed by atoms with Crippen LogP contribution in [0.5, 0.6) is 0 Å². The van der Waals surface area contributed by atoms with Crippen LogP contribution < -0.4 is 0 Å². The smallest absolute Gasteiger partial charge is 0.303 e. The fourth-order valence-corrected chi connectivity index (χ4v) is 2.09. The summed E-state index contributed by atoms with van der Waals surface area (Å²) in [6.45, 7) is 0. The van der Waals surface area contributed by atoms with Gasteiger partial charge in [-0.2, -0.15) is 0 Å². The second-order valence-electron chi connectivity index (χ2n) is 5.51. The summed E-state index contributed by atoms with van der Waals surface area (Å²) in [6, 6.07) is 0. The van der Waals surface area contributed by atoms with Gasteiger partial charge in [0.15, 0.2) is 0 Å². The number of rotatable bonds is 15. The molecule has 4 nitrogen and oxygen atoms in total. The lowest BCUT2D eigenvalue weighted by atomic mass is 10.1. The molecule has 0 aromatic rings. The summed E-state index contributed by atoms with van der Waals surface area (Å²) in [6.07, 6.45) is 19.1. The number of allylic oxidation sites excluding steroid dienone is 4. The maximum absolute atomic E-state index is 10.3. The van der Waals surface area contributed by atoms with E-state index in [0.717, 1.165) is 64.2 Å². The van der Waals surface area contributed by atoms with Crippen LogP contribution in [-0.2, 0) is 9.59 Å². The van der Waals surface area contributed by atoms with Gasteiger partial charge < -0.3 is 10.2 Å². The van der Waals surface area contributed by atoms with Gasteiger partial charge in [0.25, 0.3) is 0 Å². The maximum atomic E-state index is 10.3. The molecule has 22 heavy (non-hydrogen) atoms. The molecule has 0 bridgehead atoms. The second kappa shape index (κ2) is 15.8. The van der Waals surface area contributed by atoms with Crippen molar-refractivity contribution in [1.29, 1.82) is 0 Å². The minimum atomic E-state index is -0.704. The number of hydrogen-bond donors (Lipinski definition) is 2. The molecule has 0 amide bonds. The standard InChI is InChI=1S/C18H30O4/c19-17(20)15-13-11-9-7-5-3-1-2-4-6-8-10-12-14-16-18(21)22/h3-6H,1-2,7-16H2,(H,19,20)(H,21,22). The number of unbranched alkanes of at least 4 members (excludes halogenated alkanes) is 7. The van der Waals surface area contributed by atoms with Crippen molar-refractivity contribution >= 4 is 11.9 Å². The molecule has 0 aromatic heterocycles. The van der Waals surface area contributed by atoms with Gasteiger partial charge in [0.1, 0.15) is 0 Å². The first-order valence-corrected chi connectivity index (χ1v) is 8.36. The quantitative estimate of drug-likeness (QED) is 0.331. The predicted molar refractivity (Wildman–Crippen MR) is 89.0 cm³/mol. The molecule has 126 valence electrons. The molecule has 0 fully saturated rings. The summed E-state index contributed by atoms with van der Waals surface area (Å²) < 4.78 is 0. The van der Waals surface area contributed by atoms with Gasteiger partial charge in [-0.3, -0.25) is 9.59 Å². The first kappa shape index (κ1) is 20.4. The van der Waals surface area contributed by atoms with Gasteiger partial charge in [0, 0.05) is 12.8 Å². The molecule has 0 radical (unpaired) electrons. The Balaban J connectivity index is 3.23. The van der Waals surface area contributed by atoms with Crippen LogP contribution in [0.3, 0.4) is 0 Å². The molecule has 0 rings (SSSR count). The van der Waals surface area contributed by atoms with Crippen LogP contribution in [0.4, 0.5) is 0 Å². The van der Waals surface area contributed by atoms with E-state index in [9.17, 15) is 9.59 Å². The van der Waals surface area contributed by atoms with E-state index in [0.29, 0.717) is 0 Å². The summed E-state index contributed by atoms with van der Waals surface area (Å²) in [5.41, 5.74) is 0. The highest BCUT2D eigenvalue weighted by molar-refractivity contribution is 5.66. The summed E-state index contributed by atoms with van der Waals surface area (Å²) in [5, 5.41) is 17.0. The molecule has 0 saturated heterocycles. The number of hydrogen-bond acceptors (Lipinski definition) is 2. The van der Waals surface area contributed by atoms with Crippen molar-refractivity contribution in [2.45, 2.75) is 77.0 Å². The lowest BCUT2D eigenvalue weighted by molar-refractivity contribution is -0.138. The van der Waals surface area contributed by atoms with E-state index in [1.54, 1.807) is 0 Å². The lowest BCUT2D eigenvalue weighted by Gasteiger charge is -1.96. The Labute approximate surface area is 133 Å². The Morgan fingerprint density at radius 3 is 1.27 bits per heavy atom. The second-order valence-corrected chi connectivity index (χ2v) is 5.51. The van der Waals surface area contributed by atoms with Crippen LogP contribution in [-0.4, -0.2) is 22.2 Å². The summed E-state index contributed by atoms with van der Waals surface area (Å²) in [5.74, 6) is -1.41. The SMILES string of the molecule is O=C(O)CCCCCC=CCCC=CCCCCCC(=O)O. The first-order chi connectivity index (χ1) is 10.6. The van der Waals surface area contributed by atoms with Crippen molar-refractivity contribution in [2.24, 2.45) is 0 Å². The van der Waals surface area contributed by atoms with Gasteiger partial charge in [-0.05, 0) is 51.4 Å². The molecule has 0 saturated carbocycles. The Hall–Kier alpha value is -1.58. The van der Waals surface area contributed by atoms with Gasteiger partial charge in [-0.1, -0.05) is 37.1 Å². The van der Waals surface area contributed by atoms with Crippen molar-refractivity contribution in [3.8, 4) is 0 Å². The molecule has 4 heteroatoms. The first-order valence-electron chi connectivity index (χ1n) is 8.36. The molecule has 0 aliphatic heterocycles. The Morgan fingerprint density at radius 2 is 0.909 bits per heavy atom. The number of carboxylic acids is 2. The zero-order chi connectivity index (χ0) is 16.5. The van der Waals surface area contributed by atoms with Crippen LogP contribution in [0.25, 0.3) is 0 Å². The molecule has 0 unspecified atom stereocenters. The largest absolute Gasteiger partial charge is 0.481 e. The molecular formula is C18H30O4. The molecule has 0 aromatic carbocycles. The average molecular weight is 310 g/mol. The van der Waals surface area contributed by atoms with E-state index in [1.807, 2.05) is 0 Å². The third-order valence-electron chi connectivity index (χ3n) is 3.36. The van der Waals surface area contributed by atoms with Crippen LogP contribution in [0.1, 0.15) is 77.0 Å². The topological polar surface area (TPSA) is 74.6 Å². The third-order valence-corrected chi connectivity index (χ3v) is 3.36. The minimum Gasteiger partial charge on any atom is -0.481 e.